The van der Waals surface area contributed by atoms with Gasteiger partial charge >= 0.3 is 0 Å². The fraction of sp³-hybridized carbons (Fsp3) is 0.533. The number of amides is 1. The van der Waals surface area contributed by atoms with E-state index in [0.29, 0.717) is 24.3 Å². The number of carbonyl (C=O) groups is 1. The number of anilines is 2. The van der Waals surface area contributed by atoms with E-state index in [4.69, 9.17) is 5.73 Å². The summed E-state index contributed by atoms with van der Waals surface area (Å²) in [5.41, 5.74) is 7.16. The van der Waals surface area contributed by atoms with Gasteiger partial charge in [-0.15, -0.1) is 0 Å². The first kappa shape index (κ1) is 16.3. The summed E-state index contributed by atoms with van der Waals surface area (Å²) in [5, 5.41) is 9.98. The number of aliphatic hydroxyl groups is 1. The van der Waals surface area contributed by atoms with E-state index in [2.05, 4.69) is 0 Å². The van der Waals surface area contributed by atoms with Gasteiger partial charge in [-0.05, 0) is 39.0 Å². The van der Waals surface area contributed by atoms with Crippen molar-refractivity contribution in [3.63, 3.8) is 0 Å². The smallest absolute Gasteiger partial charge is 0.253 e. The van der Waals surface area contributed by atoms with E-state index in [1.165, 1.54) is 4.90 Å². The fourth-order valence-electron chi connectivity index (χ4n) is 2.04. The number of nitrogen functional groups attached to an aromatic ring is 1. The largest absolute Gasteiger partial charge is 0.397 e. The molecule has 0 fully saturated rings. The molecule has 1 amide bonds. The second kappa shape index (κ2) is 6.13. The van der Waals surface area contributed by atoms with E-state index in [9.17, 15) is 9.90 Å². The molecule has 0 saturated carbocycles. The molecule has 1 aromatic carbocycles. The van der Waals surface area contributed by atoms with Gasteiger partial charge in [-0.1, -0.05) is 0 Å². The van der Waals surface area contributed by atoms with Crippen LogP contribution in [0, 0.1) is 0 Å². The lowest BCUT2D eigenvalue weighted by atomic mass is 10.1. The second-order valence-corrected chi connectivity index (χ2v) is 5.80. The lowest BCUT2D eigenvalue weighted by molar-refractivity contribution is 0.0827. The molecule has 5 nitrogen and oxygen atoms in total. The fourth-order valence-corrected chi connectivity index (χ4v) is 2.04. The van der Waals surface area contributed by atoms with Crippen LogP contribution in [0.25, 0.3) is 0 Å². The molecule has 0 aliphatic heterocycles. The molecule has 0 atom stereocenters. The van der Waals surface area contributed by atoms with Crippen molar-refractivity contribution in [3.8, 4) is 0 Å². The molecule has 0 radical (unpaired) electrons. The van der Waals surface area contributed by atoms with E-state index >= 15 is 0 Å². The highest BCUT2D eigenvalue weighted by Gasteiger charge is 2.20. The first-order chi connectivity index (χ1) is 9.15. The van der Waals surface area contributed by atoms with Gasteiger partial charge in [0.05, 0.1) is 17.0 Å². The van der Waals surface area contributed by atoms with E-state index in [1.54, 1.807) is 46.1 Å². The highest BCUT2D eigenvalue weighted by Crippen LogP contribution is 2.26. The molecule has 3 N–H and O–H groups in total. The maximum atomic E-state index is 12.0. The van der Waals surface area contributed by atoms with Crippen LogP contribution in [0.15, 0.2) is 18.2 Å². The average molecular weight is 279 g/mol. The van der Waals surface area contributed by atoms with Crippen molar-refractivity contribution in [2.75, 3.05) is 37.8 Å². The van der Waals surface area contributed by atoms with Crippen LogP contribution < -0.4 is 10.6 Å². The number of benzene rings is 1. The van der Waals surface area contributed by atoms with Gasteiger partial charge in [0.1, 0.15) is 0 Å². The lowest BCUT2D eigenvalue weighted by Gasteiger charge is -2.31. The normalized spacial score (nSPS) is 11.3. The molecular formula is C15H25N3O2. The summed E-state index contributed by atoms with van der Waals surface area (Å²) in [6.45, 7) is 6.65. The Morgan fingerprint density at radius 2 is 1.95 bits per heavy atom. The Hall–Kier alpha value is -1.75. The molecule has 20 heavy (non-hydrogen) atoms. The monoisotopic (exact) mass is 279 g/mol. The van der Waals surface area contributed by atoms with Crippen molar-refractivity contribution >= 4 is 17.3 Å². The Kier molecular flexibility index (Phi) is 5.00. The molecule has 0 bridgehead atoms. The Morgan fingerprint density at radius 1 is 1.35 bits per heavy atom. The summed E-state index contributed by atoms with van der Waals surface area (Å²) in [4.78, 5) is 15.5. The average Bonchev–Trinajstić information content (AvgIpc) is 2.34. The summed E-state index contributed by atoms with van der Waals surface area (Å²) in [5.74, 6) is -0.0643. The molecule has 1 rings (SSSR count). The zero-order valence-electron chi connectivity index (χ0n) is 13.0. The third kappa shape index (κ3) is 4.13. The number of hydrogen-bond acceptors (Lipinski definition) is 4. The van der Waals surface area contributed by atoms with Crippen molar-refractivity contribution < 1.29 is 9.90 Å². The second-order valence-electron chi connectivity index (χ2n) is 5.80. The molecule has 0 aliphatic carbocycles. The maximum Gasteiger partial charge on any atom is 0.253 e. The van der Waals surface area contributed by atoms with E-state index < -0.39 is 5.60 Å². The summed E-state index contributed by atoms with van der Waals surface area (Å²) in [6, 6.07) is 5.24. The predicted octanol–water partition coefficient (Wildman–Crippen LogP) is 1.57. The van der Waals surface area contributed by atoms with Crippen molar-refractivity contribution in [2.45, 2.75) is 26.4 Å². The van der Waals surface area contributed by atoms with E-state index in [-0.39, 0.29) is 5.91 Å². The molecule has 0 heterocycles. The predicted molar refractivity (Wildman–Crippen MR) is 83.1 cm³/mol. The summed E-state index contributed by atoms with van der Waals surface area (Å²) >= 11 is 0. The van der Waals surface area contributed by atoms with Crippen LogP contribution in [0.1, 0.15) is 31.1 Å². The summed E-state index contributed by atoms with van der Waals surface area (Å²) in [6.07, 6.45) is 0. The van der Waals surface area contributed by atoms with Crippen molar-refractivity contribution in [1.29, 1.82) is 0 Å². The summed E-state index contributed by atoms with van der Waals surface area (Å²) in [7, 11) is 3.43. The number of hydrogen-bond donors (Lipinski definition) is 2. The Balaban J connectivity index is 3.15. The molecule has 5 heteroatoms. The zero-order valence-corrected chi connectivity index (χ0v) is 13.0. The van der Waals surface area contributed by atoms with Gasteiger partial charge in [-0.25, -0.2) is 0 Å². The highest BCUT2D eigenvalue weighted by molar-refractivity contribution is 5.96. The van der Waals surface area contributed by atoms with Crippen molar-refractivity contribution in [2.24, 2.45) is 0 Å². The van der Waals surface area contributed by atoms with Crippen LogP contribution >= 0.6 is 0 Å². The molecular weight excluding hydrogens is 254 g/mol. The Labute approximate surface area is 121 Å². The summed E-state index contributed by atoms with van der Waals surface area (Å²) < 4.78 is 0. The quantitative estimate of drug-likeness (QED) is 0.803. The maximum absolute atomic E-state index is 12.0. The number of nitrogens with zero attached hydrogens (tertiary/aromatic N) is 2. The Morgan fingerprint density at radius 3 is 2.40 bits per heavy atom. The third-order valence-electron chi connectivity index (χ3n) is 2.98. The lowest BCUT2D eigenvalue weighted by Crippen LogP contribution is -2.39. The first-order valence-corrected chi connectivity index (χ1v) is 6.74. The highest BCUT2D eigenvalue weighted by atomic mass is 16.3. The van der Waals surface area contributed by atoms with Gasteiger partial charge in [0.15, 0.2) is 0 Å². The van der Waals surface area contributed by atoms with Gasteiger partial charge in [0.2, 0.25) is 0 Å². The van der Waals surface area contributed by atoms with Gasteiger partial charge in [-0.2, -0.15) is 0 Å². The molecule has 0 unspecified atom stereocenters. The molecule has 0 aliphatic rings. The molecule has 0 spiro atoms. The van der Waals surface area contributed by atoms with Crippen LogP contribution in [-0.4, -0.2) is 48.7 Å². The molecule has 1 aromatic rings. The topological polar surface area (TPSA) is 69.8 Å². The van der Waals surface area contributed by atoms with E-state index in [1.807, 2.05) is 11.8 Å². The SMILES string of the molecule is CCN(CC(C)(C)O)c1cc(C(=O)N(C)C)ccc1N. The minimum Gasteiger partial charge on any atom is -0.397 e. The van der Waals surface area contributed by atoms with Gasteiger partial charge < -0.3 is 20.6 Å². The Bertz CT molecular complexity index is 478. The number of nitrogens with two attached hydrogens (primary N) is 1. The van der Waals surface area contributed by atoms with Crippen molar-refractivity contribution in [1.82, 2.24) is 4.90 Å². The van der Waals surface area contributed by atoms with Crippen LogP contribution in [0.4, 0.5) is 11.4 Å². The number of carbonyl (C=O) groups excluding carboxylic acids is 1. The van der Waals surface area contributed by atoms with Crippen LogP contribution in [0.3, 0.4) is 0 Å². The molecule has 0 saturated heterocycles. The zero-order chi connectivity index (χ0) is 15.5. The molecule has 0 aromatic heterocycles. The minimum atomic E-state index is -0.829. The van der Waals surface area contributed by atoms with Gasteiger partial charge in [0, 0.05) is 32.7 Å². The van der Waals surface area contributed by atoms with Crippen LogP contribution in [-0.2, 0) is 0 Å². The standard InChI is InChI=1S/C15H25N3O2/c1-6-18(10-15(2,3)20)13-9-11(7-8-12(13)16)14(19)17(4)5/h7-9,20H,6,10,16H2,1-5H3. The molecule has 112 valence electrons. The van der Waals surface area contributed by atoms with Crippen LogP contribution in [0.2, 0.25) is 0 Å². The van der Waals surface area contributed by atoms with Crippen molar-refractivity contribution in [3.05, 3.63) is 23.8 Å². The minimum absolute atomic E-state index is 0.0643. The van der Waals surface area contributed by atoms with E-state index in [0.717, 1.165) is 5.69 Å². The van der Waals surface area contributed by atoms with Gasteiger partial charge in [-0.3, -0.25) is 4.79 Å². The van der Waals surface area contributed by atoms with Crippen LogP contribution in [0.5, 0.6) is 0 Å². The van der Waals surface area contributed by atoms with Gasteiger partial charge in [0.25, 0.3) is 5.91 Å². The first-order valence-electron chi connectivity index (χ1n) is 6.74. The third-order valence-corrected chi connectivity index (χ3v) is 2.98. The number of rotatable bonds is 5. The number of likely N-dealkylation sites (N-methyl/N-ethyl adjacent to an activating group) is 1.